The van der Waals surface area contributed by atoms with Crippen LogP contribution in [0.3, 0.4) is 0 Å². The van der Waals surface area contributed by atoms with Crippen molar-refractivity contribution in [2.24, 2.45) is 10.9 Å². The van der Waals surface area contributed by atoms with Gasteiger partial charge in [-0.3, -0.25) is 4.90 Å². The lowest BCUT2D eigenvalue weighted by Crippen LogP contribution is -2.35. The SMILES string of the molecule is N/C(CN1CCNc2ccccc2C1)=N\O. The van der Waals surface area contributed by atoms with Gasteiger partial charge in [0.1, 0.15) is 0 Å². The van der Waals surface area contributed by atoms with Crippen molar-refractivity contribution >= 4 is 11.5 Å². The van der Waals surface area contributed by atoms with E-state index in [9.17, 15) is 0 Å². The molecular weight excluding hydrogens is 204 g/mol. The zero-order chi connectivity index (χ0) is 11.4. The number of nitrogens with zero attached hydrogens (tertiary/aromatic N) is 2. The number of fused-ring (bicyclic) bond motifs is 1. The average Bonchev–Trinajstić information content (AvgIpc) is 2.50. The molecule has 5 heteroatoms. The van der Waals surface area contributed by atoms with E-state index >= 15 is 0 Å². The largest absolute Gasteiger partial charge is 0.409 e. The Morgan fingerprint density at radius 3 is 3.12 bits per heavy atom. The fourth-order valence-corrected chi connectivity index (χ4v) is 1.89. The van der Waals surface area contributed by atoms with E-state index < -0.39 is 0 Å². The predicted octanol–water partition coefficient (Wildman–Crippen LogP) is 0.660. The number of hydrogen-bond donors (Lipinski definition) is 3. The topological polar surface area (TPSA) is 73.9 Å². The molecule has 16 heavy (non-hydrogen) atoms. The molecule has 86 valence electrons. The van der Waals surface area contributed by atoms with Crippen LogP contribution in [0.25, 0.3) is 0 Å². The molecule has 0 radical (unpaired) electrons. The second-order valence-electron chi connectivity index (χ2n) is 3.89. The normalized spacial score (nSPS) is 17.4. The first kappa shape index (κ1) is 10.8. The van der Waals surface area contributed by atoms with Crippen LogP contribution < -0.4 is 11.1 Å². The van der Waals surface area contributed by atoms with E-state index in [1.54, 1.807) is 0 Å². The lowest BCUT2D eigenvalue weighted by atomic mass is 10.2. The molecule has 4 N–H and O–H groups in total. The summed E-state index contributed by atoms with van der Waals surface area (Å²) in [5.74, 6) is 0.249. The summed E-state index contributed by atoms with van der Waals surface area (Å²) >= 11 is 0. The molecule has 0 saturated heterocycles. The third-order valence-electron chi connectivity index (χ3n) is 2.67. The van der Waals surface area contributed by atoms with Crippen LogP contribution in [0.1, 0.15) is 5.56 Å². The Kier molecular flexibility index (Phi) is 3.26. The Balaban J connectivity index is 2.10. The van der Waals surface area contributed by atoms with Gasteiger partial charge >= 0.3 is 0 Å². The van der Waals surface area contributed by atoms with E-state index in [0.29, 0.717) is 6.54 Å². The highest BCUT2D eigenvalue weighted by atomic mass is 16.4. The number of amidine groups is 1. The highest BCUT2D eigenvalue weighted by Crippen LogP contribution is 2.19. The number of benzene rings is 1. The van der Waals surface area contributed by atoms with Gasteiger partial charge in [0.2, 0.25) is 0 Å². The van der Waals surface area contributed by atoms with Gasteiger partial charge in [-0.05, 0) is 11.6 Å². The molecule has 1 aliphatic heterocycles. The molecule has 0 amide bonds. The van der Waals surface area contributed by atoms with Gasteiger partial charge in [0.25, 0.3) is 0 Å². The number of hydrogen-bond acceptors (Lipinski definition) is 4. The minimum absolute atomic E-state index is 0.249. The molecule has 1 aliphatic rings. The third kappa shape index (κ3) is 2.43. The van der Waals surface area contributed by atoms with Crippen LogP contribution in [0.5, 0.6) is 0 Å². The van der Waals surface area contributed by atoms with Gasteiger partial charge in [0.15, 0.2) is 5.84 Å². The van der Waals surface area contributed by atoms with Crippen LogP contribution in [-0.2, 0) is 6.54 Å². The minimum atomic E-state index is 0.249. The third-order valence-corrected chi connectivity index (χ3v) is 2.67. The van der Waals surface area contributed by atoms with E-state index in [-0.39, 0.29) is 5.84 Å². The van der Waals surface area contributed by atoms with Crippen molar-refractivity contribution < 1.29 is 5.21 Å². The Bertz CT molecular complexity index is 391. The molecule has 1 aromatic carbocycles. The zero-order valence-electron chi connectivity index (χ0n) is 9.06. The van der Waals surface area contributed by atoms with Gasteiger partial charge in [-0.15, -0.1) is 0 Å². The van der Waals surface area contributed by atoms with Crippen LogP contribution >= 0.6 is 0 Å². The van der Waals surface area contributed by atoms with Crippen molar-refractivity contribution in [3.63, 3.8) is 0 Å². The minimum Gasteiger partial charge on any atom is -0.409 e. The van der Waals surface area contributed by atoms with E-state index in [2.05, 4.69) is 27.5 Å². The van der Waals surface area contributed by atoms with Gasteiger partial charge in [-0.2, -0.15) is 0 Å². The monoisotopic (exact) mass is 220 g/mol. The van der Waals surface area contributed by atoms with Crippen molar-refractivity contribution in [1.82, 2.24) is 4.90 Å². The summed E-state index contributed by atoms with van der Waals surface area (Å²) in [6, 6.07) is 8.20. The Morgan fingerprint density at radius 1 is 1.50 bits per heavy atom. The molecular formula is C11H16N4O. The molecule has 0 atom stereocenters. The van der Waals surface area contributed by atoms with E-state index in [1.165, 1.54) is 11.3 Å². The standard InChI is InChI=1S/C11H16N4O/c12-11(14-16)8-15-6-5-13-10-4-2-1-3-9(10)7-15/h1-4,13,16H,5-8H2,(H2,12,14). The van der Waals surface area contributed by atoms with Crippen LogP contribution in [0, 0.1) is 0 Å². The smallest absolute Gasteiger partial charge is 0.153 e. The Hall–Kier alpha value is -1.75. The van der Waals surface area contributed by atoms with E-state index in [4.69, 9.17) is 10.9 Å². The van der Waals surface area contributed by atoms with Crippen LogP contribution in [-0.4, -0.2) is 35.6 Å². The first-order valence-corrected chi connectivity index (χ1v) is 5.30. The lowest BCUT2D eigenvalue weighted by molar-refractivity contribution is 0.295. The summed E-state index contributed by atoms with van der Waals surface area (Å²) in [6.45, 7) is 3.06. The average molecular weight is 220 g/mol. The number of nitrogens with one attached hydrogen (secondary N) is 1. The van der Waals surface area contributed by atoms with Crippen LogP contribution in [0.15, 0.2) is 29.4 Å². The molecule has 1 aromatic rings. The number of nitrogens with two attached hydrogens (primary N) is 1. The summed E-state index contributed by atoms with van der Waals surface area (Å²) in [6.07, 6.45) is 0. The molecule has 0 bridgehead atoms. The lowest BCUT2D eigenvalue weighted by Gasteiger charge is -2.18. The summed E-state index contributed by atoms with van der Waals surface area (Å²) in [7, 11) is 0. The summed E-state index contributed by atoms with van der Waals surface area (Å²) in [5.41, 5.74) is 7.92. The molecule has 0 aliphatic carbocycles. The number of oxime groups is 1. The molecule has 0 spiro atoms. The number of anilines is 1. The number of para-hydroxylation sites is 1. The highest BCUT2D eigenvalue weighted by molar-refractivity contribution is 5.81. The first-order chi connectivity index (χ1) is 7.79. The quantitative estimate of drug-likeness (QED) is 0.296. The summed E-state index contributed by atoms with van der Waals surface area (Å²) in [5, 5.41) is 14.9. The fourth-order valence-electron chi connectivity index (χ4n) is 1.89. The summed E-state index contributed by atoms with van der Waals surface area (Å²) < 4.78 is 0. The maximum Gasteiger partial charge on any atom is 0.153 e. The second-order valence-corrected chi connectivity index (χ2v) is 3.89. The maximum atomic E-state index is 8.55. The van der Waals surface area contributed by atoms with Crippen LogP contribution in [0.2, 0.25) is 0 Å². The van der Waals surface area contributed by atoms with Crippen molar-refractivity contribution in [3.05, 3.63) is 29.8 Å². The second kappa shape index (κ2) is 4.85. The predicted molar refractivity (Wildman–Crippen MR) is 63.6 cm³/mol. The van der Waals surface area contributed by atoms with E-state index in [1.807, 2.05) is 12.1 Å². The van der Waals surface area contributed by atoms with Crippen molar-refractivity contribution in [2.45, 2.75) is 6.54 Å². The van der Waals surface area contributed by atoms with Gasteiger partial charge in [-0.25, -0.2) is 0 Å². The number of rotatable bonds is 2. The van der Waals surface area contributed by atoms with E-state index in [0.717, 1.165) is 19.6 Å². The molecule has 0 saturated carbocycles. The Labute approximate surface area is 94.5 Å². The van der Waals surface area contributed by atoms with Crippen LogP contribution in [0.4, 0.5) is 5.69 Å². The highest BCUT2D eigenvalue weighted by Gasteiger charge is 2.14. The fraction of sp³-hybridized carbons (Fsp3) is 0.364. The summed E-state index contributed by atoms with van der Waals surface area (Å²) in [4.78, 5) is 2.15. The van der Waals surface area contributed by atoms with Crippen molar-refractivity contribution in [3.8, 4) is 0 Å². The molecule has 0 aromatic heterocycles. The first-order valence-electron chi connectivity index (χ1n) is 5.30. The Morgan fingerprint density at radius 2 is 2.31 bits per heavy atom. The van der Waals surface area contributed by atoms with Gasteiger partial charge in [0, 0.05) is 25.3 Å². The van der Waals surface area contributed by atoms with Gasteiger partial charge < -0.3 is 16.3 Å². The molecule has 0 fully saturated rings. The molecule has 2 rings (SSSR count). The van der Waals surface area contributed by atoms with Gasteiger partial charge in [0.05, 0.1) is 6.54 Å². The molecule has 0 unspecified atom stereocenters. The zero-order valence-corrected chi connectivity index (χ0v) is 9.06. The van der Waals surface area contributed by atoms with Gasteiger partial charge in [-0.1, -0.05) is 23.4 Å². The molecule has 1 heterocycles. The van der Waals surface area contributed by atoms with Crippen molar-refractivity contribution in [1.29, 1.82) is 0 Å². The van der Waals surface area contributed by atoms with Crippen molar-refractivity contribution in [2.75, 3.05) is 25.0 Å². The maximum absolute atomic E-state index is 8.55. The molecule has 5 nitrogen and oxygen atoms in total.